The summed E-state index contributed by atoms with van der Waals surface area (Å²) >= 11 is 0. The normalized spacial score (nSPS) is 16.9. The molecule has 0 radical (unpaired) electrons. The van der Waals surface area contributed by atoms with Gasteiger partial charge in [-0.1, -0.05) is 24.3 Å². The molecule has 0 spiro atoms. The maximum absolute atomic E-state index is 13.1. The second kappa shape index (κ2) is 11.0. The van der Waals surface area contributed by atoms with Crippen molar-refractivity contribution in [3.05, 3.63) is 64.7 Å². The average molecular weight is 507 g/mol. The number of nitrogens with one attached hydrogen (secondary N) is 2. The Morgan fingerprint density at radius 1 is 1.03 bits per heavy atom. The van der Waals surface area contributed by atoms with Crippen molar-refractivity contribution in [2.75, 3.05) is 13.2 Å². The van der Waals surface area contributed by atoms with E-state index < -0.39 is 41.5 Å². The molecular formula is C26H26N4O7. The Morgan fingerprint density at radius 3 is 2.57 bits per heavy atom. The Bertz CT molecular complexity index is 1290. The number of piperidine rings is 1. The van der Waals surface area contributed by atoms with Crippen LogP contribution in [-0.2, 0) is 20.8 Å². The summed E-state index contributed by atoms with van der Waals surface area (Å²) in [6.07, 6.45) is 2.09. The number of fused-ring (bicyclic) bond motifs is 1. The number of nitrogens with two attached hydrogens (primary N) is 1. The van der Waals surface area contributed by atoms with Crippen molar-refractivity contribution in [3.8, 4) is 5.75 Å². The number of ether oxygens (including phenoxy) is 1. The zero-order valence-electron chi connectivity index (χ0n) is 20.0. The molecule has 192 valence electrons. The zero-order chi connectivity index (χ0) is 26.5. The Balaban J connectivity index is 1.29. The quantitative estimate of drug-likeness (QED) is 0.315. The van der Waals surface area contributed by atoms with Crippen LogP contribution in [0.2, 0.25) is 0 Å². The molecule has 11 nitrogen and oxygen atoms in total. The molecule has 1 atom stereocenters. The minimum absolute atomic E-state index is 0.0156. The highest BCUT2D eigenvalue weighted by molar-refractivity contribution is 6.24. The topological polar surface area (TPSA) is 165 Å². The summed E-state index contributed by atoms with van der Waals surface area (Å²) in [5.74, 6) is -3.34. The number of carbonyl (C=O) groups excluding carboxylic acids is 6. The molecule has 0 bridgehead atoms. The van der Waals surface area contributed by atoms with Gasteiger partial charge in [0, 0.05) is 18.5 Å². The number of primary amides is 1. The smallest absolute Gasteiger partial charge is 0.266 e. The van der Waals surface area contributed by atoms with Crippen LogP contribution in [0.3, 0.4) is 0 Å². The minimum Gasteiger partial charge on any atom is -0.483 e. The molecule has 2 aromatic carbocycles. The number of unbranched alkanes of at least 4 members (excludes halogenated alkanes) is 1. The van der Waals surface area contributed by atoms with Crippen molar-refractivity contribution in [2.24, 2.45) is 5.73 Å². The molecule has 6 amide bonds. The number of aryl methyl sites for hydroxylation is 1. The molecule has 2 aromatic rings. The lowest BCUT2D eigenvalue weighted by atomic mass is 10.0. The van der Waals surface area contributed by atoms with Crippen LogP contribution >= 0.6 is 0 Å². The largest absolute Gasteiger partial charge is 0.483 e. The first kappa shape index (κ1) is 25.5. The second-order valence-corrected chi connectivity index (χ2v) is 8.74. The van der Waals surface area contributed by atoms with Crippen LogP contribution in [0.5, 0.6) is 5.75 Å². The summed E-state index contributed by atoms with van der Waals surface area (Å²) < 4.78 is 5.56. The van der Waals surface area contributed by atoms with Crippen LogP contribution in [0.25, 0.3) is 0 Å². The standard InChI is InChI=1S/C26H26N4O7/c27-23(33)16-8-2-1-6-15(16)7-3-4-13-28-21(32)14-37-19-10-5-9-17-22(19)26(36)30(25(17)35)18-11-12-20(31)29-24(18)34/h1-2,5-6,8-10,18H,3-4,7,11-14H2,(H2,27,33)(H,28,32)(H,29,31,34). The third-order valence-corrected chi connectivity index (χ3v) is 6.27. The molecule has 2 aliphatic rings. The van der Waals surface area contributed by atoms with Gasteiger partial charge in [-0.2, -0.15) is 0 Å². The van der Waals surface area contributed by atoms with Crippen LogP contribution in [0.1, 0.15) is 62.3 Å². The Morgan fingerprint density at radius 2 is 1.81 bits per heavy atom. The first-order chi connectivity index (χ1) is 17.8. The van der Waals surface area contributed by atoms with Crippen molar-refractivity contribution >= 4 is 35.4 Å². The number of hydrogen-bond donors (Lipinski definition) is 3. The van der Waals surface area contributed by atoms with Crippen LogP contribution in [0, 0.1) is 0 Å². The number of rotatable bonds is 10. The van der Waals surface area contributed by atoms with Crippen molar-refractivity contribution in [3.63, 3.8) is 0 Å². The van der Waals surface area contributed by atoms with Gasteiger partial charge in [-0.3, -0.25) is 39.0 Å². The lowest BCUT2D eigenvalue weighted by molar-refractivity contribution is -0.136. The SMILES string of the molecule is NC(=O)c1ccccc1CCCCNC(=O)COc1cccc2c1C(=O)N(C1CCC(=O)NC1=O)C2=O. The molecule has 0 aliphatic carbocycles. The first-order valence-corrected chi connectivity index (χ1v) is 11.9. The van der Waals surface area contributed by atoms with Gasteiger partial charge in [0.2, 0.25) is 17.7 Å². The Labute approximate surface area is 212 Å². The molecule has 1 saturated heterocycles. The summed E-state index contributed by atoms with van der Waals surface area (Å²) in [5.41, 5.74) is 6.79. The fraction of sp³-hybridized carbons (Fsp3) is 0.308. The Kier molecular flexibility index (Phi) is 7.61. The minimum atomic E-state index is -1.09. The molecule has 0 saturated carbocycles. The van der Waals surface area contributed by atoms with Gasteiger partial charge in [0.15, 0.2) is 6.61 Å². The molecule has 2 aliphatic heterocycles. The van der Waals surface area contributed by atoms with E-state index in [1.165, 1.54) is 18.2 Å². The van der Waals surface area contributed by atoms with E-state index >= 15 is 0 Å². The third kappa shape index (κ3) is 5.50. The van der Waals surface area contributed by atoms with Crippen LogP contribution < -0.4 is 21.1 Å². The van der Waals surface area contributed by atoms with Gasteiger partial charge in [0.1, 0.15) is 11.8 Å². The van der Waals surface area contributed by atoms with Gasteiger partial charge in [-0.05, 0) is 49.4 Å². The molecule has 0 aromatic heterocycles. The van der Waals surface area contributed by atoms with E-state index in [4.69, 9.17) is 10.5 Å². The maximum atomic E-state index is 13.1. The van der Waals surface area contributed by atoms with E-state index in [-0.39, 0.29) is 36.3 Å². The highest BCUT2D eigenvalue weighted by Gasteiger charge is 2.46. The van der Waals surface area contributed by atoms with Gasteiger partial charge in [-0.25, -0.2) is 0 Å². The molecule has 11 heteroatoms. The molecule has 37 heavy (non-hydrogen) atoms. The number of carbonyl (C=O) groups is 6. The van der Waals surface area contributed by atoms with Gasteiger partial charge in [-0.15, -0.1) is 0 Å². The number of benzene rings is 2. The average Bonchev–Trinajstić information content (AvgIpc) is 3.13. The van der Waals surface area contributed by atoms with E-state index in [0.29, 0.717) is 24.9 Å². The number of imide groups is 2. The summed E-state index contributed by atoms with van der Waals surface area (Å²) in [6, 6.07) is 10.5. The fourth-order valence-electron chi connectivity index (χ4n) is 4.45. The molecule has 1 fully saturated rings. The molecule has 1 unspecified atom stereocenters. The monoisotopic (exact) mass is 506 g/mol. The second-order valence-electron chi connectivity index (χ2n) is 8.74. The highest BCUT2D eigenvalue weighted by atomic mass is 16.5. The summed E-state index contributed by atoms with van der Waals surface area (Å²) in [4.78, 5) is 74.2. The van der Waals surface area contributed by atoms with Gasteiger partial charge in [0.25, 0.3) is 17.7 Å². The predicted octanol–water partition coefficient (Wildman–Crippen LogP) is 0.705. The van der Waals surface area contributed by atoms with Crippen molar-refractivity contribution < 1.29 is 33.5 Å². The van der Waals surface area contributed by atoms with Crippen molar-refractivity contribution in [1.82, 2.24) is 15.5 Å². The predicted molar refractivity (Wildman–Crippen MR) is 130 cm³/mol. The van der Waals surface area contributed by atoms with E-state index in [1.807, 2.05) is 12.1 Å². The van der Waals surface area contributed by atoms with Gasteiger partial charge < -0.3 is 15.8 Å². The maximum Gasteiger partial charge on any atom is 0.266 e. The fourth-order valence-corrected chi connectivity index (χ4v) is 4.45. The zero-order valence-corrected chi connectivity index (χ0v) is 20.0. The van der Waals surface area contributed by atoms with Crippen molar-refractivity contribution in [1.29, 1.82) is 0 Å². The summed E-state index contributed by atoms with van der Waals surface area (Å²) in [6.45, 7) is 0.00931. The van der Waals surface area contributed by atoms with E-state index in [1.54, 1.807) is 12.1 Å². The van der Waals surface area contributed by atoms with Crippen LogP contribution in [0.15, 0.2) is 42.5 Å². The molecule has 4 rings (SSSR count). The third-order valence-electron chi connectivity index (χ3n) is 6.27. The lowest BCUT2D eigenvalue weighted by Crippen LogP contribution is -2.54. The van der Waals surface area contributed by atoms with Crippen LogP contribution in [-0.4, -0.2) is 59.5 Å². The van der Waals surface area contributed by atoms with E-state index in [2.05, 4.69) is 10.6 Å². The van der Waals surface area contributed by atoms with Crippen molar-refractivity contribution in [2.45, 2.75) is 38.1 Å². The van der Waals surface area contributed by atoms with Gasteiger partial charge in [0.05, 0.1) is 11.1 Å². The van der Waals surface area contributed by atoms with Gasteiger partial charge >= 0.3 is 0 Å². The molecule has 2 heterocycles. The molecular weight excluding hydrogens is 480 g/mol. The summed E-state index contributed by atoms with van der Waals surface area (Å²) in [7, 11) is 0. The number of amides is 6. The first-order valence-electron chi connectivity index (χ1n) is 11.9. The van der Waals surface area contributed by atoms with E-state index in [9.17, 15) is 28.8 Å². The van der Waals surface area contributed by atoms with Crippen LogP contribution in [0.4, 0.5) is 0 Å². The Hall–Kier alpha value is -4.54. The highest BCUT2D eigenvalue weighted by Crippen LogP contribution is 2.33. The lowest BCUT2D eigenvalue weighted by Gasteiger charge is -2.27. The number of hydrogen-bond acceptors (Lipinski definition) is 7. The summed E-state index contributed by atoms with van der Waals surface area (Å²) in [5, 5.41) is 4.88. The van der Waals surface area contributed by atoms with E-state index in [0.717, 1.165) is 16.9 Å². The number of nitrogens with zero attached hydrogens (tertiary/aromatic N) is 1. The molecule has 4 N–H and O–H groups in total.